The summed E-state index contributed by atoms with van der Waals surface area (Å²) in [5.41, 5.74) is 0. The Labute approximate surface area is 135 Å². The highest BCUT2D eigenvalue weighted by Crippen LogP contribution is 2.27. The van der Waals surface area contributed by atoms with E-state index in [0.717, 1.165) is 0 Å². The molecule has 2 aromatic rings. The van der Waals surface area contributed by atoms with Gasteiger partial charge in [0, 0.05) is 12.6 Å². The predicted octanol–water partition coefficient (Wildman–Crippen LogP) is 1.04. The number of benzene rings is 1. The van der Waals surface area contributed by atoms with Crippen LogP contribution in [0.2, 0.25) is 0 Å². The van der Waals surface area contributed by atoms with E-state index in [1.807, 2.05) is 0 Å². The molecule has 1 unspecified atom stereocenters. The summed E-state index contributed by atoms with van der Waals surface area (Å²) in [6.45, 7) is 0.316. The smallest absolute Gasteiger partial charge is 0.260 e. The van der Waals surface area contributed by atoms with E-state index in [9.17, 15) is 16.8 Å². The second kappa shape index (κ2) is 6.06. The first kappa shape index (κ1) is 16.2. The van der Waals surface area contributed by atoms with Crippen molar-refractivity contribution in [3.8, 4) is 0 Å². The van der Waals surface area contributed by atoms with E-state index >= 15 is 0 Å². The number of nitrogens with one attached hydrogen (secondary N) is 1. The maximum absolute atomic E-state index is 12.6. The third-order valence-electron chi connectivity index (χ3n) is 3.90. The Kier molecular flexibility index (Phi) is 4.26. The summed E-state index contributed by atoms with van der Waals surface area (Å²) in [6.07, 6.45) is 3.69. The fourth-order valence-electron chi connectivity index (χ4n) is 2.78. The Bertz CT molecular complexity index is 862. The summed E-state index contributed by atoms with van der Waals surface area (Å²) >= 11 is 0. The molecule has 1 atom stereocenters. The summed E-state index contributed by atoms with van der Waals surface area (Å²) in [4.78, 5) is 6.52. The van der Waals surface area contributed by atoms with Crippen molar-refractivity contribution >= 4 is 19.9 Å². The molecule has 1 N–H and O–H groups in total. The molecular weight excluding hydrogens is 338 g/mol. The largest absolute Gasteiger partial charge is 0.335 e. The van der Waals surface area contributed by atoms with Crippen LogP contribution in [0.5, 0.6) is 0 Å². The first-order valence-corrected chi connectivity index (χ1v) is 10.3. The normalized spacial score (nSPS) is 19.9. The Balaban J connectivity index is 1.86. The number of rotatable bonds is 5. The van der Waals surface area contributed by atoms with Gasteiger partial charge in [-0.3, -0.25) is 0 Å². The molecule has 0 amide bonds. The van der Waals surface area contributed by atoms with E-state index in [2.05, 4.69) is 9.97 Å². The second-order valence-corrected chi connectivity index (χ2v) is 9.32. The van der Waals surface area contributed by atoms with Gasteiger partial charge in [0.1, 0.15) is 0 Å². The number of nitrogens with zero attached hydrogens (tertiary/aromatic N) is 2. The molecule has 0 spiro atoms. The van der Waals surface area contributed by atoms with Crippen LogP contribution < -0.4 is 0 Å². The lowest BCUT2D eigenvalue weighted by atomic mass is 10.3. The first-order chi connectivity index (χ1) is 10.9. The van der Waals surface area contributed by atoms with Crippen LogP contribution in [0.15, 0.2) is 52.8 Å². The predicted molar refractivity (Wildman–Crippen MR) is 84.0 cm³/mol. The zero-order valence-corrected chi connectivity index (χ0v) is 13.9. The third kappa shape index (κ3) is 3.17. The Morgan fingerprint density at radius 1 is 1.17 bits per heavy atom. The number of H-pyrrole nitrogens is 1. The number of aromatic nitrogens is 2. The van der Waals surface area contributed by atoms with E-state index in [0.29, 0.717) is 19.4 Å². The summed E-state index contributed by atoms with van der Waals surface area (Å²) < 4.78 is 51.5. The van der Waals surface area contributed by atoms with Crippen LogP contribution in [0.3, 0.4) is 0 Å². The second-order valence-electron chi connectivity index (χ2n) is 5.42. The maximum atomic E-state index is 12.6. The Morgan fingerprint density at radius 3 is 2.57 bits per heavy atom. The topological polar surface area (TPSA) is 100 Å². The summed E-state index contributed by atoms with van der Waals surface area (Å²) in [7, 11) is -7.29. The van der Waals surface area contributed by atoms with Gasteiger partial charge in [-0.15, -0.1) is 0 Å². The standard InChI is InChI=1S/C14H17N3O4S2/c18-22(19,13-6-2-1-3-7-13)10-12-5-4-8-17(12)23(20,21)14-9-15-11-16-14/h1-3,6-7,9,11-12H,4-5,8,10H2,(H,15,16). The van der Waals surface area contributed by atoms with Crippen molar-refractivity contribution in [3.05, 3.63) is 42.9 Å². The summed E-state index contributed by atoms with van der Waals surface area (Å²) in [5.74, 6) is -0.218. The van der Waals surface area contributed by atoms with E-state index in [1.165, 1.54) is 29.0 Å². The average molecular weight is 355 g/mol. The maximum Gasteiger partial charge on any atom is 0.260 e. The van der Waals surface area contributed by atoms with Crippen LogP contribution in [-0.4, -0.2) is 49.4 Å². The third-order valence-corrected chi connectivity index (χ3v) is 7.59. The van der Waals surface area contributed by atoms with Crippen molar-refractivity contribution in [1.82, 2.24) is 14.3 Å². The molecule has 9 heteroatoms. The Hall–Kier alpha value is -1.71. The zero-order valence-electron chi connectivity index (χ0n) is 12.3. The van der Waals surface area contributed by atoms with Crippen molar-refractivity contribution in [3.63, 3.8) is 0 Å². The van der Waals surface area contributed by atoms with Crippen LogP contribution in [0.4, 0.5) is 0 Å². The van der Waals surface area contributed by atoms with Gasteiger partial charge in [-0.25, -0.2) is 21.8 Å². The minimum absolute atomic E-state index is 0.0125. The quantitative estimate of drug-likeness (QED) is 0.864. The van der Waals surface area contributed by atoms with E-state index < -0.39 is 25.9 Å². The fourth-order valence-corrected chi connectivity index (χ4v) is 6.08. The number of aromatic amines is 1. The molecule has 124 valence electrons. The zero-order chi connectivity index (χ0) is 16.5. The van der Waals surface area contributed by atoms with Crippen molar-refractivity contribution in [2.45, 2.75) is 28.8 Å². The van der Waals surface area contributed by atoms with Crippen LogP contribution in [0.1, 0.15) is 12.8 Å². The van der Waals surface area contributed by atoms with Crippen LogP contribution in [0.25, 0.3) is 0 Å². The Morgan fingerprint density at radius 2 is 1.91 bits per heavy atom. The van der Waals surface area contributed by atoms with E-state index in [-0.39, 0.29) is 15.7 Å². The first-order valence-electron chi connectivity index (χ1n) is 7.19. The number of hydrogen-bond donors (Lipinski definition) is 1. The molecule has 0 bridgehead atoms. The SMILES string of the molecule is O=S(=O)(CC1CCCN1S(=O)(=O)c1cnc[nH]1)c1ccccc1. The van der Waals surface area contributed by atoms with Crippen LogP contribution in [-0.2, 0) is 19.9 Å². The highest BCUT2D eigenvalue weighted by molar-refractivity contribution is 7.91. The molecule has 0 radical (unpaired) electrons. The highest BCUT2D eigenvalue weighted by Gasteiger charge is 2.38. The average Bonchev–Trinajstić information content (AvgIpc) is 3.19. The highest BCUT2D eigenvalue weighted by atomic mass is 32.2. The van der Waals surface area contributed by atoms with Gasteiger partial charge in [0.15, 0.2) is 14.9 Å². The molecule has 1 aromatic carbocycles. The molecule has 2 heterocycles. The lowest BCUT2D eigenvalue weighted by molar-refractivity contribution is 0.406. The lowest BCUT2D eigenvalue weighted by Gasteiger charge is -2.23. The van der Waals surface area contributed by atoms with Gasteiger partial charge in [-0.2, -0.15) is 4.31 Å². The molecule has 1 fully saturated rings. The van der Waals surface area contributed by atoms with Crippen molar-refractivity contribution in [2.75, 3.05) is 12.3 Å². The minimum atomic E-state index is -3.75. The summed E-state index contributed by atoms with van der Waals surface area (Å²) in [5, 5.41) is -0.0125. The molecule has 0 saturated carbocycles. The number of sulfonamides is 1. The molecule has 0 aliphatic carbocycles. The van der Waals surface area contributed by atoms with Gasteiger partial charge in [-0.05, 0) is 25.0 Å². The molecule has 23 heavy (non-hydrogen) atoms. The fraction of sp³-hybridized carbons (Fsp3) is 0.357. The number of hydrogen-bond acceptors (Lipinski definition) is 5. The van der Waals surface area contributed by atoms with Gasteiger partial charge in [0.25, 0.3) is 10.0 Å². The van der Waals surface area contributed by atoms with Gasteiger partial charge < -0.3 is 4.98 Å². The van der Waals surface area contributed by atoms with Crippen LogP contribution in [0, 0.1) is 0 Å². The number of imidazole rings is 1. The molecule has 7 nitrogen and oxygen atoms in total. The molecule has 1 aliphatic heterocycles. The minimum Gasteiger partial charge on any atom is -0.335 e. The van der Waals surface area contributed by atoms with E-state index in [4.69, 9.17) is 0 Å². The lowest BCUT2D eigenvalue weighted by Crippen LogP contribution is -2.39. The number of sulfone groups is 1. The molecule has 1 saturated heterocycles. The van der Waals surface area contributed by atoms with Crippen molar-refractivity contribution in [1.29, 1.82) is 0 Å². The van der Waals surface area contributed by atoms with Gasteiger partial charge in [-0.1, -0.05) is 18.2 Å². The van der Waals surface area contributed by atoms with Gasteiger partial charge >= 0.3 is 0 Å². The monoisotopic (exact) mass is 355 g/mol. The summed E-state index contributed by atoms with van der Waals surface area (Å²) in [6, 6.07) is 7.54. The molecular formula is C14H17N3O4S2. The molecule has 1 aromatic heterocycles. The van der Waals surface area contributed by atoms with E-state index in [1.54, 1.807) is 18.2 Å². The molecule has 1 aliphatic rings. The van der Waals surface area contributed by atoms with Crippen molar-refractivity contribution in [2.24, 2.45) is 0 Å². The van der Waals surface area contributed by atoms with Crippen molar-refractivity contribution < 1.29 is 16.8 Å². The van der Waals surface area contributed by atoms with Gasteiger partial charge in [0.05, 0.1) is 23.2 Å². The van der Waals surface area contributed by atoms with Crippen LogP contribution >= 0.6 is 0 Å². The molecule has 3 rings (SSSR count). The van der Waals surface area contributed by atoms with Gasteiger partial charge in [0.2, 0.25) is 0 Å².